The number of hydrogen-bond acceptors (Lipinski definition) is 5. The number of benzene rings is 3. The van der Waals surface area contributed by atoms with Gasteiger partial charge in [-0.3, -0.25) is 4.79 Å². The average Bonchev–Trinajstić information content (AvgIpc) is 3.10. The second-order valence-electron chi connectivity index (χ2n) is 12.9. The molecule has 5 rings (SSSR count). The minimum absolute atomic E-state index is 0.161. The van der Waals surface area contributed by atoms with Crippen LogP contribution in [0.25, 0.3) is 0 Å². The number of amides is 1. The molecule has 0 fully saturated rings. The molecule has 3 aromatic rings. The fraction of sp³-hybridized carbons (Fsp3) is 0.412. The number of rotatable bonds is 3. The van der Waals surface area contributed by atoms with E-state index in [0.29, 0.717) is 5.75 Å². The van der Waals surface area contributed by atoms with Crippen molar-refractivity contribution in [2.75, 3.05) is 18.6 Å². The molecular formula is C34H39NO5. The first-order chi connectivity index (χ1) is 18.7. The van der Waals surface area contributed by atoms with E-state index in [4.69, 9.17) is 9.47 Å². The summed E-state index contributed by atoms with van der Waals surface area (Å²) in [6.45, 7) is 14.3. The van der Waals surface area contributed by atoms with Crippen LogP contribution in [0.4, 0.5) is 5.69 Å². The molecule has 3 aromatic carbocycles. The molecule has 0 aliphatic carbocycles. The fourth-order valence-electron chi connectivity index (χ4n) is 6.45. The van der Waals surface area contributed by atoms with E-state index in [2.05, 4.69) is 41.5 Å². The third-order valence-corrected chi connectivity index (χ3v) is 8.30. The average molecular weight is 542 g/mol. The first kappa shape index (κ1) is 27.8. The highest BCUT2D eigenvalue weighted by atomic mass is 16.6. The van der Waals surface area contributed by atoms with E-state index in [9.17, 15) is 14.7 Å². The Morgan fingerprint density at radius 1 is 0.975 bits per heavy atom. The van der Waals surface area contributed by atoms with Gasteiger partial charge >= 0.3 is 5.97 Å². The molecule has 210 valence electrons. The Bertz CT molecular complexity index is 1460. The molecule has 0 saturated carbocycles. The zero-order valence-electron chi connectivity index (χ0n) is 24.7. The number of anilines is 1. The van der Waals surface area contributed by atoms with Gasteiger partial charge in [0, 0.05) is 24.2 Å². The van der Waals surface area contributed by atoms with Crippen LogP contribution in [0.1, 0.15) is 82.2 Å². The van der Waals surface area contributed by atoms with Crippen LogP contribution in [0.2, 0.25) is 0 Å². The largest absolute Gasteiger partial charge is 0.507 e. The molecule has 40 heavy (non-hydrogen) atoms. The number of hydrogen-bond donors (Lipinski definition) is 1. The number of phenols is 1. The monoisotopic (exact) mass is 541 g/mol. The summed E-state index contributed by atoms with van der Waals surface area (Å²) in [4.78, 5) is 30.1. The van der Waals surface area contributed by atoms with E-state index in [1.165, 1.54) is 0 Å². The van der Waals surface area contributed by atoms with Crippen molar-refractivity contribution in [1.82, 2.24) is 0 Å². The molecule has 6 heteroatoms. The second-order valence-corrected chi connectivity index (χ2v) is 12.9. The van der Waals surface area contributed by atoms with Crippen LogP contribution in [0, 0.1) is 0 Å². The predicted molar refractivity (Wildman–Crippen MR) is 156 cm³/mol. The molecule has 3 atom stereocenters. The second kappa shape index (κ2) is 9.39. The van der Waals surface area contributed by atoms with Crippen LogP contribution < -0.4 is 9.64 Å². The van der Waals surface area contributed by atoms with Gasteiger partial charge < -0.3 is 19.5 Å². The quantitative estimate of drug-likeness (QED) is 0.391. The van der Waals surface area contributed by atoms with Gasteiger partial charge in [-0.2, -0.15) is 0 Å². The molecule has 0 radical (unpaired) electrons. The molecule has 2 aliphatic rings. The van der Waals surface area contributed by atoms with Crippen molar-refractivity contribution in [3.63, 3.8) is 0 Å². The highest BCUT2D eigenvalue weighted by Crippen LogP contribution is 2.59. The summed E-state index contributed by atoms with van der Waals surface area (Å²) in [5.74, 6) is -0.595. The normalized spacial score (nSPS) is 22.1. The van der Waals surface area contributed by atoms with Gasteiger partial charge in [0.05, 0.1) is 6.61 Å². The number of fused-ring (bicyclic) bond motifs is 3. The number of ether oxygens (including phenoxy) is 2. The maximum absolute atomic E-state index is 14.7. The highest BCUT2D eigenvalue weighted by Gasteiger charge is 2.66. The first-order valence-electron chi connectivity index (χ1n) is 13.9. The Morgan fingerprint density at radius 3 is 2.15 bits per heavy atom. The number of para-hydroxylation sites is 2. The zero-order valence-corrected chi connectivity index (χ0v) is 24.7. The van der Waals surface area contributed by atoms with Gasteiger partial charge in [-0.25, -0.2) is 4.79 Å². The Kier molecular flexibility index (Phi) is 6.52. The molecule has 1 N–H and O–H groups in total. The Hall–Kier alpha value is -3.80. The highest BCUT2D eigenvalue weighted by molar-refractivity contribution is 6.12. The Morgan fingerprint density at radius 2 is 1.55 bits per heavy atom. The summed E-state index contributed by atoms with van der Waals surface area (Å²) in [5, 5.41) is 11.5. The van der Waals surface area contributed by atoms with E-state index >= 15 is 0 Å². The smallest absolute Gasteiger partial charge is 0.348 e. The summed E-state index contributed by atoms with van der Waals surface area (Å²) >= 11 is 0. The van der Waals surface area contributed by atoms with E-state index in [1.54, 1.807) is 18.9 Å². The van der Waals surface area contributed by atoms with Crippen molar-refractivity contribution in [1.29, 1.82) is 0 Å². The Labute approximate surface area is 236 Å². The lowest BCUT2D eigenvalue weighted by atomic mass is 9.60. The molecule has 1 amide bonds. The van der Waals surface area contributed by atoms with Crippen molar-refractivity contribution in [3.05, 3.63) is 88.5 Å². The lowest BCUT2D eigenvalue weighted by molar-refractivity contribution is -0.159. The zero-order chi connectivity index (χ0) is 29.2. The van der Waals surface area contributed by atoms with Gasteiger partial charge in [-0.15, -0.1) is 0 Å². The lowest BCUT2D eigenvalue weighted by Gasteiger charge is -2.46. The summed E-state index contributed by atoms with van der Waals surface area (Å²) in [6, 6.07) is 19.2. The number of likely N-dealkylation sites (N-methyl/N-ethyl adjacent to an activating group) is 1. The Balaban J connectivity index is 1.94. The number of nitrogens with zero attached hydrogens (tertiary/aromatic N) is 1. The van der Waals surface area contributed by atoms with Gasteiger partial charge in [-0.05, 0) is 52.1 Å². The van der Waals surface area contributed by atoms with Crippen LogP contribution in [0.15, 0.2) is 60.7 Å². The van der Waals surface area contributed by atoms with Crippen molar-refractivity contribution >= 4 is 17.6 Å². The molecule has 0 saturated heterocycles. The molecule has 1 spiro atoms. The third kappa shape index (κ3) is 3.99. The SMILES string of the molecule is CCOC(=O)C1Oc2ccccc2[C@@H](c2cc(C(C)(C)C)c(O)c(C(C)(C)C)c2)[C@]12C(=O)N(C)c1ccccc12. The minimum Gasteiger partial charge on any atom is -0.507 e. The lowest BCUT2D eigenvalue weighted by Crippen LogP contribution is -2.60. The van der Waals surface area contributed by atoms with Crippen molar-refractivity contribution < 1.29 is 24.2 Å². The van der Waals surface area contributed by atoms with E-state index in [-0.39, 0.29) is 29.1 Å². The molecule has 6 nitrogen and oxygen atoms in total. The molecule has 2 aliphatic heterocycles. The van der Waals surface area contributed by atoms with Crippen LogP contribution in [0.3, 0.4) is 0 Å². The van der Waals surface area contributed by atoms with Gasteiger partial charge in [-0.1, -0.05) is 90.1 Å². The van der Waals surface area contributed by atoms with Gasteiger partial charge in [0.15, 0.2) is 0 Å². The summed E-state index contributed by atoms with van der Waals surface area (Å²) in [7, 11) is 1.74. The number of phenolic OH excluding ortho intramolecular Hbond substituents is 1. The van der Waals surface area contributed by atoms with Gasteiger partial charge in [0.2, 0.25) is 12.0 Å². The van der Waals surface area contributed by atoms with Crippen molar-refractivity contribution in [2.45, 2.75) is 76.7 Å². The maximum Gasteiger partial charge on any atom is 0.348 e. The standard InChI is InChI=1S/C34H39NO5/c1-9-39-30(37)29-34(22-15-11-12-16-25(22)35(8)31(34)38)27(21-14-10-13-17-26(21)40-29)20-18-23(32(2,3)4)28(36)24(19-20)33(5,6)7/h10-19,27,29,36H,9H2,1-8H3/t27-,29?,34+/m1/s1. The number of esters is 1. The van der Waals surface area contributed by atoms with Gasteiger partial charge in [0.25, 0.3) is 0 Å². The number of carbonyl (C=O) groups excluding carboxylic acids is 2. The van der Waals surface area contributed by atoms with Crippen molar-refractivity contribution in [2.24, 2.45) is 0 Å². The summed E-state index contributed by atoms with van der Waals surface area (Å²) in [5.41, 5.74) is 2.50. The first-order valence-corrected chi connectivity index (χ1v) is 13.9. The maximum atomic E-state index is 14.7. The van der Waals surface area contributed by atoms with Crippen LogP contribution in [0.5, 0.6) is 11.5 Å². The summed E-state index contributed by atoms with van der Waals surface area (Å²) in [6.07, 6.45) is -1.21. The summed E-state index contributed by atoms with van der Waals surface area (Å²) < 4.78 is 12.0. The van der Waals surface area contributed by atoms with Crippen LogP contribution >= 0.6 is 0 Å². The molecule has 0 bridgehead atoms. The van der Waals surface area contributed by atoms with Crippen LogP contribution in [-0.4, -0.2) is 36.7 Å². The van der Waals surface area contributed by atoms with E-state index < -0.39 is 23.4 Å². The van der Waals surface area contributed by atoms with Crippen molar-refractivity contribution in [3.8, 4) is 11.5 Å². The molecule has 2 heterocycles. The van der Waals surface area contributed by atoms with Gasteiger partial charge in [0.1, 0.15) is 16.9 Å². The fourth-order valence-corrected chi connectivity index (χ4v) is 6.45. The van der Waals surface area contributed by atoms with E-state index in [1.807, 2.05) is 60.7 Å². The third-order valence-electron chi connectivity index (χ3n) is 8.30. The number of aromatic hydroxyl groups is 1. The molecular weight excluding hydrogens is 502 g/mol. The van der Waals surface area contributed by atoms with Crippen LogP contribution in [-0.2, 0) is 30.6 Å². The molecule has 1 unspecified atom stereocenters. The molecule has 0 aromatic heterocycles. The van der Waals surface area contributed by atoms with E-state index in [0.717, 1.165) is 33.5 Å². The number of carbonyl (C=O) groups is 2. The topological polar surface area (TPSA) is 76.1 Å². The minimum atomic E-state index is -1.42. The predicted octanol–water partition coefficient (Wildman–Crippen LogP) is 6.36.